The molecule has 4 rings (SSSR count). The van der Waals surface area contributed by atoms with E-state index in [4.69, 9.17) is 4.52 Å². The van der Waals surface area contributed by atoms with Gasteiger partial charge in [0.1, 0.15) is 0 Å². The van der Waals surface area contributed by atoms with Gasteiger partial charge in [-0.15, -0.1) is 0 Å². The second kappa shape index (κ2) is 6.97. The van der Waals surface area contributed by atoms with Crippen LogP contribution in [0.3, 0.4) is 0 Å². The van der Waals surface area contributed by atoms with Crippen LogP contribution >= 0.6 is 0 Å². The van der Waals surface area contributed by atoms with Crippen molar-refractivity contribution in [2.45, 2.75) is 25.4 Å². The van der Waals surface area contributed by atoms with Gasteiger partial charge in [-0.05, 0) is 24.7 Å². The molecule has 0 spiro atoms. The second-order valence-electron chi connectivity index (χ2n) is 6.73. The first-order valence-corrected chi connectivity index (χ1v) is 8.79. The Hall–Kier alpha value is -2.58. The average Bonchev–Trinajstić information content (AvgIpc) is 3.25. The predicted octanol–water partition coefficient (Wildman–Crippen LogP) is 0.962. The number of piperazine rings is 1. The summed E-state index contributed by atoms with van der Waals surface area (Å²) in [4.78, 5) is 31.5. The van der Waals surface area contributed by atoms with Gasteiger partial charge in [-0.25, -0.2) is 0 Å². The largest absolute Gasteiger partial charge is 0.334 e. The number of likely N-dealkylation sites (N-methyl/N-ethyl adjacent to an activating group) is 1. The Morgan fingerprint density at radius 3 is 2.62 bits per heavy atom. The SMILES string of the molecule is CN1CCNCC1c1noc(-c2ccc(CN3C(=O)CCC3=O)cc2)n1. The van der Waals surface area contributed by atoms with Crippen LogP contribution < -0.4 is 5.32 Å². The van der Waals surface area contributed by atoms with Crippen molar-refractivity contribution in [3.8, 4) is 11.5 Å². The zero-order valence-corrected chi connectivity index (χ0v) is 14.6. The number of hydrogen-bond acceptors (Lipinski definition) is 7. The molecule has 0 aliphatic carbocycles. The van der Waals surface area contributed by atoms with Crippen molar-refractivity contribution in [2.75, 3.05) is 26.7 Å². The number of aromatic nitrogens is 2. The third-order valence-electron chi connectivity index (χ3n) is 4.95. The molecule has 1 unspecified atom stereocenters. The van der Waals surface area contributed by atoms with Crippen molar-refractivity contribution < 1.29 is 14.1 Å². The molecular formula is C18H21N5O3. The number of carbonyl (C=O) groups excluding carboxylic acids is 2. The third-order valence-corrected chi connectivity index (χ3v) is 4.95. The van der Waals surface area contributed by atoms with Crippen LogP contribution in [0.4, 0.5) is 0 Å². The maximum atomic E-state index is 11.7. The molecule has 1 aromatic carbocycles. The van der Waals surface area contributed by atoms with Gasteiger partial charge in [-0.1, -0.05) is 17.3 Å². The highest BCUT2D eigenvalue weighted by Crippen LogP contribution is 2.24. The molecule has 2 saturated heterocycles. The lowest BCUT2D eigenvalue weighted by molar-refractivity contribution is -0.139. The number of amides is 2. The number of hydrogen-bond donors (Lipinski definition) is 1. The molecule has 1 N–H and O–H groups in total. The number of imide groups is 1. The summed E-state index contributed by atoms with van der Waals surface area (Å²) in [5, 5.41) is 7.47. The molecule has 2 aliphatic rings. The maximum absolute atomic E-state index is 11.7. The van der Waals surface area contributed by atoms with Crippen molar-refractivity contribution in [2.24, 2.45) is 0 Å². The molecule has 26 heavy (non-hydrogen) atoms. The molecule has 136 valence electrons. The van der Waals surface area contributed by atoms with Gasteiger partial charge in [0.05, 0.1) is 12.6 Å². The van der Waals surface area contributed by atoms with Crippen molar-refractivity contribution in [1.29, 1.82) is 0 Å². The number of likely N-dealkylation sites (tertiary alicyclic amines) is 1. The lowest BCUT2D eigenvalue weighted by Gasteiger charge is -2.30. The maximum Gasteiger partial charge on any atom is 0.257 e. The topological polar surface area (TPSA) is 91.6 Å². The zero-order valence-electron chi connectivity index (χ0n) is 14.6. The minimum Gasteiger partial charge on any atom is -0.334 e. The van der Waals surface area contributed by atoms with Crippen LogP contribution in [0.15, 0.2) is 28.8 Å². The first kappa shape index (κ1) is 16.9. The Morgan fingerprint density at radius 1 is 1.19 bits per heavy atom. The lowest BCUT2D eigenvalue weighted by atomic mass is 10.1. The van der Waals surface area contributed by atoms with E-state index in [1.165, 1.54) is 4.90 Å². The van der Waals surface area contributed by atoms with Crippen molar-refractivity contribution in [1.82, 2.24) is 25.3 Å². The minimum absolute atomic E-state index is 0.104. The molecule has 1 aromatic heterocycles. The highest BCUT2D eigenvalue weighted by molar-refractivity contribution is 6.01. The Kier molecular flexibility index (Phi) is 4.52. The van der Waals surface area contributed by atoms with Gasteiger partial charge in [0.25, 0.3) is 5.89 Å². The van der Waals surface area contributed by atoms with Gasteiger partial charge in [-0.3, -0.25) is 19.4 Å². The molecule has 0 bridgehead atoms. The smallest absolute Gasteiger partial charge is 0.257 e. The van der Waals surface area contributed by atoms with Crippen molar-refractivity contribution >= 4 is 11.8 Å². The summed E-state index contributed by atoms with van der Waals surface area (Å²) in [7, 11) is 2.05. The molecule has 0 radical (unpaired) electrons. The first-order chi connectivity index (χ1) is 12.6. The Bertz CT molecular complexity index is 800. The molecule has 2 amide bonds. The normalized spacial score (nSPS) is 21.6. The fourth-order valence-corrected chi connectivity index (χ4v) is 3.32. The van der Waals surface area contributed by atoms with Crippen LogP contribution in [-0.4, -0.2) is 58.4 Å². The van der Waals surface area contributed by atoms with Crippen molar-refractivity contribution in [3.05, 3.63) is 35.7 Å². The van der Waals surface area contributed by atoms with Gasteiger partial charge < -0.3 is 9.84 Å². The monoisotopic (exact) mass is 355 g/mol. The molecular weight excluding hydrogens is 334 g/mol. The number of rotatable bonds is 4. The molecule has 2 aliphatic heterocycles. The van der Waals surface area contributed by atoms with Gasteiger partial charge in [0.15, 0.2) is 5.82 Å². The van der Waals surface area contributed by atoms with Crippen LogP contribution in [0, 0.1) is 0 Å². The van der Waals surface area contributed by atoms with E-state index in [0.29, 0.717) is 31.1 Å². The second-order valence-corrected chi connectivity index (χ2v) is 6.73. The summed E-state index contributed by atoms with van der Waals surface area (Å²) in [6.07, 6.45) is 0.623. The quantitative estimate of drug-likeness (QED) is 0.817. The summed E-state index contributed by atoms with van der Waals surface area (Å²) in [5.74, 6) is 0.933. The molecule has 2 aromatic rings. The number of nitrogens with zero attached hydrogens (tertiary/aromatic N) is 4. The molecule has 8 nitrogen and oxygen atoms in total. The highest BCUT2D eigenvalue weighted by atomic mass is 16.5. The van der Waals surface area contributed by atoms with Crippen LogP contribution in [0.25, 0.3) is 11.5 Å². The summed E-state index contributed by atoms with van der Waals surface area (Å²) in [6, 6.07) is 7.62. The van der Waals surface area contributed by atoms with E-state index < -0.39 is 0 Å². The molecule has 1 atom stereocenters. The average molecular weight is 355 g/mol. The van der Waals surface area contributed by atoms with Crippen LogP contribution in [0.2, 0.25) is 0 Å². The van der Waals surface area contributed by atoms with Gasteiger partial charge in [0, 0.05) is 38.0 Å². The van der Waals surface area contributed by atoms with E-state index >= 15 is 0 Å². The summed E-state index contributed by atoms with van der Waals surface area (Å²) in [6.45, 7) is 3.01. The van der Waals surface area contributed by atoms with E-state index in [2.05, 4.69) is 27.4 Å². The fraction of sp³-hybridized carbons (Fsp3) is 0.444. The lowest BCUT2D eigenvalue weighted by Crippen LogP contribution is -2.44. The summed E-state index contributed by atoms with van der Waals surface area (Å²) < 4.78 is 5.43. The summed E-state index contributed by atoms with van der Waals surface area (Å²) in [5.41, 5.74) is 1.71. The van der Waals surface area contributed by atoms with Gasteiger partial charge in [0.2, 0.25) is 11.8 Å². The molecule has 2 fully saturated rings. The van der Waals surface area contributed by atoms with Crippen molar-refractivity contribution in [3.63, 3.8) is 0 Å². The number of nitrogens with one attached hydrogen (secondary N) is 1. The van der Waals surface area contributed by atoms with E-state index in [9.17, 15) is 9.59 Å². The van der Waals surface area contributed by atoms with E-state index in [0.717, 1.165) is 30.8 Å². The number of carbonyl (C=O) groups is 2. The van der Waals surface area contributed by atoms with Crippen LogP contribution in [0.5, 0.6) is 0 Å². The standard InChI is InChI=1S/C18H21N5O3/c1-22-9-8-19-10-14(22)17-20-18(26-21-17)13-4-2-12(3-5-13)11-23-15(24)6-7-16(23)25/h2-5,14,19H,6-11H2,1H3. The predicted molar refractivity (Wildman–Crippen MR) is 92.8 cm³/mol. The third kappa shape index (κ3) is 3.25. The molecule has 3 heterocycles. The van der Waals surface area contributed by atoms with Crippen LogP contribution in [0.1, 0.15) is 30.3 Å². The Morgan fingerprint density at radius 2 is 1.92 bits per heavy atom. The van der Waals surface area contributed by atoms with Crippen LogP contribution in [-0.2, 0) is 16.1 Å². The fourth-order valence-electron chi connectivity index (χ4n) is 3.32. The summed E-state index contributed by atoms with van der Waals surface area (Å²) >= 11 is 0. The highest BCUT2D eigenvalue weighted by Gasteiger charge is 2.29. The van der Waals surface area contributed by atoms with E-state index in [-0.39, 0.29) is 17.9 Å². The first-order valence-electron chi connectivity index (χ1n) is 8.79. The molecule has 8 heteroatoms. The number of benzene rings is 1. The van der Waals surface area contributed by atoms with E-state index in [1.54, 1.807) is 0 Å². The Labute approximate surface area is 151 Å². The van der Waals surface area contributed by atoms with Gasteiger partial charge >= 0.3 is 0 Å². The zero-order chi connectivity index (χ0) is 18.1. The van der Waals surface area contributed by atoms with Gasteiger partial charge in [-0.2, -0.15) is 4.98 Å². The van der Waals surface area contributed by atoms with E-state index in [1.807, 2.05) is 24.3 Å². The molecule has 0 saturated carbocycles. The minimum atomic E-state index is -0.106. The Balaban J connectivity index is 1.47.